The van der Waals surface area contributed by atoms with Crippen LogP contribution in [0.2, 0.25) is 0 Å². The summed E-state index contributed by atoms with van der Waals surface area (Å²) >= 11 is 0. The monoisotopic (exact) mass is 399 g/mol. The predicted molar refractivity (Wildman–Crippen MR) is 116 cm³/mol. The highest BCUT2D eigenvalue weighted by atomic mass is 16.2. The summed E-state index contributed by atoms with van der Waals surface area (Å²) in [5.74, 6) is 0.101. The van der Waals surface area contributed by atoms with Crippen LogP contribution in [0.4, 0.5) is 0 Å². The molecule has 2 aromatic heterocycles. The van der Waals surface area contributed by atoms with Gasteiger partial charge in [0.15, 0.2) is 0 Å². The van der Waals surface area contributed by atoms with Crippen LogP contribution in [0.15, 0.2) is 43.0 Å². The number of aromatic amines is 2. The van der Waals surface area contributed by atoms with E-state index in [1.807, 2.05) is 18.2 Å². The molecule has 0 saturated carbocycles. The Balaban J connectivity index is 1.47. The number of H-pyrrole nitrogens is 2. The van der Waals surface area contributed by atoms with Crippen molar-refractivity contribution in [3.8, 4) is 0 Å². The van der Waals surface area contributed by atoms with E-state index in [1.54, 1.807) is 12.7 Å². The number of amides is 1. The summed E-state index contributed by atoms with van der Waals surface area (Å²) in [5.41, 5.74) is 7.26. The van der Waals surface area contributed by atoms with Crippen molar-refractivity contribution < 1.29 is 4.79 Å². The molecule has 2 aromatic carbocycles. The fraction of sp³-hybridized carbons (Fsp3) is 0.375. The van der Waals surface area contributed by atoms with Gasteiger partial charge < -0.3 is 14.9 Å². The third-order valence-electron chi connectivity index (χ3n) is 8.10. The number of imidazole rings is 2. The lowest BCUT2D eigenvalue weighted by Crippen LogP contribution is -2.64. The van der Waals surface area contributed by atoms with Crippen molar-refractivity contribution in [2.24, 2.45) is 5.41 Å². The summed E-state index contributed by atoms with van der Waals surface area (Å²) in [6.07, 6.45) is 5.21. The Labute approximate surface area is 174 Å². The highest BCUT2D eigenvalue weighted by molar-refractivity contribution is 5.98. The zero-order chi connectivity index (χ0) is 20.7. The van der Waals surface area contributed by atoms with Crippen LogP contribution in [0.1, 0.15) is 48.7 Å². The van der Waals surface area contributed by atoms with Crippen molar-refractivity contribution in [3.05, 3.63) is 59.7 Å². The second-order valence-electron chi connectivity index (χ2n) is 9.55. The third kappa shape index (κ3) is 2.11. The maximum atomic E-state index is 13.7. The Morgan fingerprint density at radius 3 is 2.73 bits per heavy atom. The quantitative estimate of drug-likeness (QED) is 0.504. The van der Waals surface area contributed by atoms with Crippen molar-refractivity contribution >= 4 is 28.0 Å². The van der Waals surface area contributed by atoms with E-state index in [2.05, 4.69) is 57.7 Å². The molecule has 2 aliphatic rings. The second kappa shape index (κ2) is 5.72. The lowest BCUT2D eigenvalue weighted by Gasteiger charge is -2.60. The molecule has 1 aliphatic heterocycles. The SMILES string of the molecule is CC1(C)[C@H]2Cc3c(ccc4[nH]cnc34)[C@]1(C)CCN2C(=O)c1ccc2nc[nH]c2c1. The van der Waals surface area contributed by atoms with E-state index in [0.29, 0.717) is 0 Å². The molecular formula is C24H25N5O. The van der Waals surface area contributed by atoms with E-state index >= 15 is 0 Å². The van der Waals surface area contributed by atoms with Crippen LogP contribution in [0.5, 0.6) is 0 Å². The smallest absolute Gasteiger partial charge is 0.254 e. The van der Waals surface area contributed by atoms with Crippen LogP contribution in [0.3, 0.4) is 0 Å². The molecule has 3 heterocycles. The summed E-state index contributed by atoms with van der Waals surface area (Å²) in [6.45, 7) is 7.79. The number of likely N-dealkylation sites (tertiary alicyclic amines) is 1. The summed E-state index contributed by atoms with van der Waals surface area (Å²) in [4.78, 5) is 31.0. The first-order valence-electron chi connectivity index (χ1n) is 10.6. The molecule has 6 rings (SSSR count). The molecule has 1 amide bonds. The lowest BCUT2D eigenvalue weighted by molar-refractivity contribution is -0.0259. The maximum Gasteiger partial charge on any atom is 0.254 e. The van der Waals surface area contributed by atoms with Crippen LogP contribution in [-0.4, -0.2) is 43.3 Å². The van der Waals surface area contributed by atoms with Crippen molar-refractivity contribution in [3.63, 3.8) is 0 Å². The van der Waals surface area contributed by atoms with Crippen LogP contribution in [-0.2, 0) is 11.8 Å². The Morgan fingerprint density at radius 1 is 1.07 bits per heavy atom. The van der Waals surface area contributed by atoms with E-state index < -0.39 is 0 Å². The van der Waals surface area contributed by atoms with E-state index in [0.717, 1.165) is 47.0 Å². The predicted octanol–water partition coefficient (Wildman–Crippen LogP) is 4.19. The number of hydrogen-bond donors (Lipinski definition) is 2. The van der Waals surface area contributed by atoms with Gasteiger partial charge in [0.1, 0.15) is 0 Å². The highest BCUT2D eigenvalue weighted by Crippen LogP contribution is 2.56. The van der Waals surface area contributed by atoms with Gasteiger partial charge in [-0.2, -0.15) is 0 Å². The number of aromatic nitrogens is 4. The Kier molecular flexibility index (Phi) is 3.37. The molecule has 2 atom stereocenters. The average Bonchev–Trinajstić information content (AvgIpc) is 3.38. The molecule has 0 radical (unpaired) electrons. The minimum atomic E-state index is -0.0457. The van der Waals surface area contributed by atoms with Gasteiger partial charge in [0.25, 0.3) is 5.91 Å². The molecule has 2 bridgehead atoms. The van der Waals surface area contributed by atoms with Crippen molar-refractivity contribution in [1.82, 2.24) is 24.8 Å². The Morgan fingerprint density at radius 2 is 1.87 bits per heavy atom. The molecule has 30 heavy (non-hydrogen) atoms. The minimum Gasteiger partial charge on any atom is -0.345 e. The van der Waals surface area contributed by atoms with Crippen LogP contribution >= 0.6 is 0 Å². The number of nitrogens with zero attached hydrogens (tertiary/aromatic N) is 3. The number of rotatable bonds is 1. The molecule has 4 aromatic rings. The number of benzene rings is 2. The van der Waals surface area contributed by atoms with Crippen molar-refractivity contribution in [1.29, 1.82) is 0 Å². The molecule has 0 unspecified atom stereocenters. The molecule has 152 valence electrons. The van der Waals surface area contributed by atoms with E-state index in [4.69, 9.17) is 0 Å². The molecule has 6 nitrogen and oxygen atoms in total. The van der Waals surface area contributed by atoms with E-state index in [-0.39, 0.29) is 22.8 Å². The Bertz CT molecular complexity index is 1320. The van der Waals surface area contributed by atoms with Crippen molar-refractivity contribution in [2.75, 3.05) is 6.54 Å². The van der Waals surface area contributed by atoms with Gasteiger partial charge in [-0.3, -0.25) is 4.79 Å². The van der Waals surface area contributed by atoms with Gasteiger partial charge >= 0.3 is 0 Å². The first kappa shape index (κ1) is 17.7. The zero-order valence-corrected chi connectivity index (χ0v) is 17.5. The number of carbonyl (C=O) groups is 1. The van der Waals surface area contributed by atoms with Crippen LogP contribution in [0, 0.1) is 5.41 Å². The van der Waals surface area contributed by atoms with Gasteiger partial charge in [-0.15, -0.1) is 0 Å². The number of hydrogen-bond acceptors (Lipinski definition) is 3. The van der Waals surface area contributed by atoms with Crippen LogP contribution in [0.25, 0.3) is 22.1 Å². The molecule has 0 spiro atoms. The number of nitrogens with one attached hydrogen (secondary N) is 2. The topological polar surface area (TPSA) is 77.7 Å². The molecule has 2 N–H and O–H groups in total. The molecule has 1 saturated heterocycles. The highest BCUT2D eigenvalue weighted by Gasteiger charge is 2.57. The normalized spacial score (nSPS) is 24.9. The maximum absolute atomic E-state index is 13.7. The van der Waals surface area contributed by atoms with Gasteiger partial charge in [-0.25, -0.2) is 9.97 Å². The van der Waals surface area contributed by atoms with Gasteiger partial charge in [-0.1, -0.05) is 26.8 Å². The molecule has 6 heteroatoms. The van der Waals surface area contributed by atoms with E-state index in [9.17, 15) is 4.79 Å². The summed E-state index contributed by atoms with van der Waals surface area (Å²) in [5, 5.41) is 0. The number of fused-ring (bicyclic) bond motifs is 7. The standard InChI is InChI=1S/C24H25N5O/c1-23(2)20-11-15-16(5-7-18-21(15)28-13-26-18)24(23,3)8-9-29(20)22(30)14-4-6-17-19(10-14)27-12-25-17/h4-7,10,12-13,20H,8-9,11H2,1-3H3,(H,25,27)(H,26,28)/t20-,24+/m1/s1. The number of piperidine rings is 1. The van der Waals surface area contributed by atoms with E-state index in [1.165, 1.54) is 11.1 Å². The third-order valence-corrected chi connectivity index (χ3v) is 8.10. The summed E-state index contributed by atoms with van der Waals surface area (Å²) < 4.78 is 0. The first-order chi connectivity index (χ1) is 14.4. The van der Waals surface area contributed by atoms with Gasteiger partial charge in [0.05, 0.1) is 34.7 Å². The second-order valence-corrected chi connectivity index (χ2v) is 9.55. The van der Waals surface area contributed by atoms with Gasteiger partial charge in [0, 0.05) is 23.6 Å². The average molecular weight is 399 g/mol. The van der Waals surface area contributed by atoms with Gasteiger partial charge in [0.2, 0.25) is 0 Å². The van der Waals surface area contributed by atoms with Gasteiger partial charge in [-0.05, 0) is 53.6 Å². The largest absolute Gasteiger partial charge is 0.345 e. The lowest BCUT2D eigenvalue weighted by atomic mass is 9.51. The fourth-order valence-electron chi connectivity index (χ4n) is 5.89. The molecular weight excluding hydrogens is 374 g/mol. The minimum absolute atomic E-state index is 0.00248. The van der Waals surface area contributed by atoms with Crippen molar-refractivity contribution in [2.45, 2.75) is 45.1 Å². The summed E-state index contributed by atoms with van der Waals surface area (Å²) in [7, 11) is 0. The number of carbonyl (C=O) groups excluding carboxylic acids is 1. The molecule has 1 fully saturated rings. The fourth-order valence-corrected chi connectivity index (χ4v) is 5.89. The zero-order valence-electron chi connectivity index (χ0n) is 17.5. The summed E-state index contributed by atoms with van der Waals surface area (Å²) in [6, 6.07) is 10.3. The first-order valence-corrected chi connectivity index (χ1v) is 10.6. The Hall–Kier alpha value is -3.15. The molecule has 1 aliphatic carbocycles. The van der Waals surface area contributed by atoms with Crippen LogP contribution < -0.4 is 0 Å².